The molecule has 1 atom stereocenters. The van der Waals surface area contributed by atoms with Crippen LogP contribution in [0.4, 0.5) is 8.78 Å². The second-order valence-corrected chi connectivity index (χ2v) is 8.16. The maximum absolute atomic E-state index is 14.1. The van der Waals surface area contributed by atoms with Crippen molar-refractivity contribution in [3.63, 3.8) is 0 Å². The quantitative estimate of drug-likeness (QED) is 0.588. The summed E-state index contributed by atoms with van der Waals surface area (Å²) in [5.41, 5.74) is 2.63. The number of aromatic nitrogens is 1. The highest BCUT2D eigenvalue weighted by Gasteiger charge is 2.14. The molecule has 30 heavy (non-hydrogen) atoms. The van der Waals surface area contributed by atoms with Gasteiger partial charge >= 0.3 is 0 Å². The smallest absolute Gasteiger partial charge is 0.253 e. The molecule has 5 nitrogen and oxygen atoms in total. The molecule has 0 radical (unpaired) electrons. The van der Waals surface area contributed by atoms with Crippen LogP contribution in [-0.2, 0) is 23.1 Å². The maximum atomic E-state index is 14.1. The number of ether oxygens (including phenoxy) is 1. The first-order valence-corrected chi connectivity index (χ1v) is 10.8. The van der Waals surface area contributed by atoms with E-state index in [0.717, 1.165) is 17.7 Å². The Kier molecular flexibility index (Phi) is 7.64. The van der Waals surface area contributed by atoms with Gasteiger partial charge in [0.25, 0.3) is 5.56 Å². The van der Waals surface area contributed by atoms with Gasteiger partial charge in [0.2, 0.25) is 0 Å². The maximum Gasteiger partial charge on any atom is 0.253 e. The molecule has 0 saturated heterocycles. The van der Waals surface area contributed by atoms with Gasteiger partial charge in [0, 0.05) is 58.3 Å². The molecule has 0 aliphatic heterocycles. The van der Waals surface area contributed by atoms with Gasteiger partial charge < -0.3 is 14.8 Å². The highest BCUT2D eigenvalue weighted by Crippen LogP contribution is 2.35. The third-order valence-electron chi connectivity index (χ3n) is 4.44. The van der Waals surface area contributed by atoms with Crippen molar-refractivity contribution in [2.75, 3.05) is 6.26 Å². The van der Waals surface area contributed by atoms with Crippen molar-refractivity contribution < 1.29 is 23.2 Å². The van der Waals surface area contributed by atoms with E-state index in [9.17, 15) is 17.8 Å². The van der Waals surface area contributed by atoms with Crippen LogP contribution in [0, 0.1) is 18.6 Å². The Hall–Kier alpha value is -2.84. The first-order valence-electron chi connectivity index (χ1n) is 9.05. The van der Waals surface area contributed by atoms with Gasteiger partial charge in [0.1, 0.15) is 11.6 Å². The van der Waals surface area contributed by atoms with Crippen LogP contribution >= 0.6 is 0 Å². The third kappa shape index (κ3) is 5.20. The molecule has 1 aromatic heterocycles. The molecular formula is C22H23F2NO4S. The second-order valence-electron chi connectivity index (χ2n) is 6.73. The molecule has 0 spiro atoms. The fraction of sp³-hybridized carbons (Fsp3) is 0.227. The number of hydrogen-bond acceptors (Lipinski definition) is 3. The summed E-state index contributed by atoms with van der Waals surface area (Å²) < 4.78 is 46.3. The fourth-order valence-corrected chi connectivity index (χ4v) is 3.71. The molecule has 1 heterocycles. The zero-order chi connectivity index (χ0) is 21.1. The topological polar surface area (TPSA) is 79.8 Å². The van der Waals surface area contributed by atoms with Gasteiger partial charge in [-0.3, -0.25) is 9.00 Å². The molecule has 0 saturated carbocycles. The van der Waals surface area contributed by atoms with Crippen molar-refractivity contribution in [2.24, 2.45) is 0 Å². The molecule has 0 bridgehead atoms. The number of aryl methyl sites for hydroxylation is 2. The lowest BCUT2D eigenvalue weighted by Crippen LogP contribution is -2.20. The predicted octanol–water partition coefficient (Wildman–Crippen LogP) is 3.97. The van der Waals surface area contributed by atoms with Crippen LogP contribution in [0.2, 0.25) is 0 Å². The normalized spacial score (nSPS) is 11.6. The molecule has 3 aromatic rings. The monoisotopic (exact) mass is 435 g/mol. The lowest BCUT2D eigenvalue weighted by molar-refractivity contribution is 0.439. The lowest BCUT2D eigenvalue weighted by Gasteiger charge is -2.15. The first-order chi connectivity index (χ1) is 13.8. The highest BCUT2D eigenvalue weighted by molar-refractivity contribution is 7.83. The summed E-state index contributed by atoms with van der Waals surface area (Å²) in [5.74, 6) is -0.919. The van der Waals surface area contributed by atoms with E-state index in [4.69, 9.17) is 4.74 Å². The van der Waals surface area contributed by atoms with Crippen molar-refractivity contribution >= 4 is 10.8 Å². The van der Waals surface area contributed by atoms with Gasteiger partial charge in [-0.1, -0.05) is 6.07 Å². The Labute approximate surface area is 175 Å². The number of pyridine rings is 1. The zero-order valence-electron chi connectivity index (χ0n) is 16.9. The Balaban J connectivity index is 0.00000320. The van der Waals surface area contributed by atoms with E-state index in [1.54, 1.807) is 42.1 Å². The van der Waals surface area contributed by atoms with E-state index < -0.39 is 22.4 Å². The number of nitrogens with zero attached hydrogens (tertiary/aromatic N) is 1. The van der Waals surface area contributed by atoms with Crippen LogP contribution in [0.25, 0.3) is 11.1 Å². The average Bonchev–Trinajstić information content (AvgIpc) is 2.66. The summed E-state index contributed by atoms with van der Waals surface area (Å²) in [7, 11) is -1.04. The minimum atomic E-state index is -1.04. The largest absolute Gasteiger partial charge is 0.454 e. The molecule has 3 rings (SSSR count). The summed E-state index contributed by atoms with van der Waals surface area (Å²) in [6.45, 7) is 4.09. The van der Waals surface area contributed by atoms with Crippen molar-refractivity contribution in [2.45, 2.75) is 26.1 Å². The minimum Gasteiger partial charge on any atom is -0.454 e. The van der Waals surface area contributed by atoms with E-state index in [1.165, 1.54) is 6.07 Å². The first kappa shape index (κ1) is 23.4. The Morgan fingerprint density at radius 3 is 2.40 bits per heavy atom. The van der Waals surface area contributed by atoms with E-state index in [1.807, 2.05) is 13.0 Å². The summed E-state index contributed by atoms with van der Waals surface area (Å²) in [6, 6.07) is 10.1. The second kappa shape index (κ2) is 9.77. The molecule has 0 fully saturated rings. The van der Waals surface area contributed by atoms with Gasteiger partial charge in [-0.05, 0) is 49.7 Å². The van der Waals surface area contributed by atoms with Crippen LogP contribution in [0.15, 0.2) is 53.5 Å². The molecule has 0 aliphatic carbocycles. The Morgan fingerprint density at radius 2 is 1.77 bits per heavy atom. The zero-order valence-corrected chi connectivity index (χ0v) is 17.7. The SMILES string of the molecule is CCn1cc(-c2cc(CS(C)=O)ccc2Oc2ccc(F)cc2F)cc(C)c1=O.O. The molecule has 0 aliphatic rings. The fourth-order valence-electron chi connectivity index (χ4n) is 3.06. The van der Waals surface area contributed by atoms with Crippen LogP contribution in [0.5, 0.6) is 11.5 Å². The summed E-state index contributed by atoms with van der Waals surface area (Å²) in [4.78, 5) is 12.3. The van der Waals surface area contributed by atoms with E-state index in [2.05, 4.69) is 0 Å². The number of benzene rings is 2. The summed E-state index contributed by atoms with van der Waals surface area (Å²) in [5, 5.41) is 0. The molecular weight excluding hydrogens is 412 g/mol. The Morgan fingerprint density at radius 1 is 1.07 bits per heavy atom. The minimum absolute atomic E-state index is 0. The van der Waals surface area contributed by atoms with E-state index >= 15 is 0 Å². The average molecular weight is 435 g/mol. The van der Waals surface area contributed by atoms with Crippen LogP contribution in [0.3, 0.4) is 0 Å². The van der Waals surface area contributed by atoms with Gasteiger partial charge in [-0.2, -0.15) is 0 Å². The van der Waals surface area contributed by atoms with Gasteiger partial charge in [0.05, 0.1) is 0 Å². The van der Waals surface area contributed by atoms with Gasteiger partial charge in [-0.15, -0.1) is 0 Å². The van der Waals surface area contributed by atoms with Crippen molar-refractivity contribution in [3.05, 3.63) is 81.8 Å². The molecule has 8 heteroatoms. The predicted molar refractivity (Wildman–Crippen MR) is 114 cm³/mol. The van der Waals surface area contributed by atoms with Crippen LogP contribution in [0.1, 0.15) is 18.1 Å². The molecule has 1 unspecified atom stereocenters. The molecule has 2 N–H and O–H groups in total. The van der Waals surface area contributed by atoms with Crippen molar-refractivity contribution in [1.82, 2.24) is 4.57 Å². The molecule has 2 aromatic carbocycles. The standard InChI is InChI=1S/C22H21F2NO3S.H2O/c1-4-25-12-16(9-14(2)22(25)26)18-10-15(13-29(3)27)5-7-20(18)28-21-8-6-17(23)11-19(21)24;/h5-12H,4,13H2,1-3H3;1H2. The summed E-state index contributed by atoms with van der Waals surface area (Å²) in [6.07, 6.45) is 3.32. The number of hydrogen-bond donors (Lipinski definition) is 0. The van der Waals surface area contributed by atoms with Gasteiger partial charge in [-0.25, -0.2) is 8.78 Å². The summed E-state index contributed by atoms with van der Waals surface area (Å²) >= 11 is 0. The third-order valence-corrected chi connectivity index (χ3v) is 5.18. The van der Waals surface area contributed by atoms with Crippen molar-refractivity contribution in [3.8, 4) is 22.6 Å². The molecule has 160 valence electrons. The number of halogens is 2. The highest BCUT2D eigenvalue weighted by atomic mass is 32.2. The molecule has 0 amide bonds. The van der Waals surface area contributed by atoms with E-state index in [-0.39, 0.29) is 16.8 Å². The van der Waals surface area contributed by atoms with E-state index in [0.29, 0.717) is 34.7 Å². The van der Waals surface area contributed by atoms with Crippen LogP contribution in [-0.4, -0.2) is 20.5 Å². The Bertz CT molecular complexity index is 1140. The van der Waals surface area contributed by atoms with Gasteiger partial charge in [0.15, 0.2) is 11.6 Å². The van der Waals surface area contributed by atoms with Crippen molar-refractivity contribution in [1.29, 1.82) is 0 Å². The number of rotatable bonds is 6. The van der Waals surface area contributed by atoms with Crippen LogP contribution < -0.4 is 10.3 Å². The lowest BCUT2D eigenvalue weighted by atomic mass is 10.0.